The van der Waals surface area contributed by atoms with Crippen molar-refractivity contribution in [2.45, 2.75) is 18.9 Å². The molecular formula is C16H17ClN4O. The Morgan fingerprint density at radius 2 is 2.00 bits per heavy atom. The van der Waals surface area contributed by atoms with E-state index in [9.17, 15) is 4.79 Å². The zero-order chi connectivity index (χ0) is 15.4. The summed E-state index contributed by atoms with van der Waals surface area (Å²) in [6, 6.07) is 8.04. The van der Waals surface area contributed by atoms with Crippen molar-refractivity contribution in [2.75, 3.05) is 18.4 Å². The fraction of sp³-hybridized carbons (Fsp3) is 0.312. The lowest BCUT2D eigenvalue weighted by Crippen LogP contribution is -2.42. The number of anilines is 1. The van der Waals surface area contributed by atoms with Crippen molar-refractivity contribution in [3.05, 3.63) is 53.6 Å². The van der Waals surface area contributed by atoms with Gasteiger partial charge in [-0.3, -0.25) is 9.78 Å². The van der Waals surface area contributed by atoms with E-state index in [1.165, 1.54) is 6.20 Å². The van der Waals surface area contributed by atoms with Gasteiger partial charge in [0.15, 0.2) is 0 Å². The molecule has 1 amide bonds. The van der Waals surface area contributed by atoms with Crippen molar-refractivity contribution in [3.63, 3.8) is 0 Å². The first-order valence-corrected chi connectivity index (χ1v) is 7.68. The number of nitrogens with one attached hydrogen (secondary N) is 1. The zero-order valence-electron chi connectivity index (χ0n) is 12.1. The van der Waals surface area contributed by atoms with E-state index >= 15 is 0 Å². The number of aromatic nitrogens is 2. The lowest BCUT2D eigenvalue weighted by molar-refractivity contribution is 0.0712. The van der Waals surface area contributed by atoms with Crippen LogP contribution in [0, 0.1) is 0 Å². The maximum atomic E-state index is 12.3. The van der Waals surface area contributed by atoms with Crippen LogP contribution in [0.15, 0.2) is 42.9 Å². The highest BCUT2D eigenvalue weighted by molar-refractivity contribution is 6.33. The Bertz CT molecular complexity index is 642. The van der Waals surface area contributed by atoms with Crippen LogP contribution in [0.3, 0.4) is 0 Å². The van der Waals surface area contributed by atoms with Gasteiger partial charge in [-0.05, 0) is 25.0 Å². The molecule has 1 N–H and O–H groups in total. The monoisotopic (exact) mass is 316 g/mol. The van der Waals surface area contributed by atoms with Gasteiger partial charge in [0.2, 0.25) is 0 Å². The second kappa shape index (κ2) is 6.75. The minimum atomic E-state index is -0.0516. The predicted octanol–water partition coefficient (Wildman–Crippen LogP) is 2.85. The van der Waals surface area contributed by atoms with Crippen molar-refractivity contribution in [2.24, 2.45) is 0 Å². The predicted molar refractivity (Wildman–Crippen MR) is 86.0 cm³/mol. The molecular weight excluding hydrogens is 300 g/mol. The molecule has 1 fully saturated rings. The highest BCUT2D eigenvalue weighted by Crippen LogP contribution is 2.24. The standard InChI is InChI=1S/C16H17ClN4O/c17-13-3-1-2-4-14(13)20-12-5-9-21(10-6-12)16(22)15-11-18-7-8-19-15/h1-4,7-8,11-12,20H,5-6,9-10H2. The molecule has 1 aromatic heterocycles. The highest BCUT2D eigenvalue weighted by Gasteiger charge is 2.24. The van der Waals surface area contributed by atoms with E-state index in [0.29, 0.717) is 24.8 Å². The fourth-order valence-electron chi connectivity index (χ4n) is 2.60. The molecule has 0 aliphatic carbocycles. The molecule has 0 atom stereocenters. The molecule has 2 heterocycles. The first kappa shape index (κ1) is 14.8. The number of nitrogens with zero attached hydrogens (tertiary/aromatic N) is 3. The third-order valence-electron chi connectivity index (χ3n) is 3.80. The van der Waals surface area contributed by atoms with Crippen molar-refractivity contribution in [1.29, 1.82) is 0 Å². The molecule has 0 unspecified atom stereocenters. The van der Waals surface area contributed by atoms with Crippen LogP contribution in [0.5, 0.6) is 0 Å². The quantitative estimate of drug-likeness (QED) is 0.946. The lowest BCUT2D eigenvalue weighted by Gasteiger charge is -2.32. The van der Waals surface area contributed by atoms with Crippen molar-refractivity contribution in [3.8, 4) is 0 Å². The van der Waals surface area contributed by atoms with Gasteiger partial charge in [-0.1, -0.05) is 23.7 Å². The average molecular weight is 317 g/mol. The number of halogens is 1. The van der Waals surface area contributed by atoms with Gasteiger partial charge in [0.25, 0.3) is 5.91 Å². The van der Waals surface area contributed by atoms with Crippen LogP contribution in [-0.4, -0.2) is 39.9 Å². The van der Waals surface area contributed by atoms with Crippen LogP contribution in [0.4, 0.5) is 5.69 Å². The van der Waals surface area contributed by atoms with Gasteiger partial charge in [0.05, 0.1) is 16.9 Å². The number of hydrogen-bond acceptors (Lipinski definition) is 4. The van der Waals surface area contributed by atoms with Gasteiger partial charge >= 0.3 is 0 Å². The Morgan fingerprint density at radius 3 is 2.68 bits per heavy atom. The van der Waals surface area contributed by atoms with Gasteiger partial charge in [-0.2, -0.15) is 0 Å². The Kier molecular flexibility index (Phi) is 4.53. The summed E-state index contributed by atoms with van der Waals surface area (Å²) in [6.07, 6.45) is 6.39. The first-order valence-electron chi connectivity index (χ1n) is 7.30. The summed E-state index contributed by atoms with van der Waals surface area (Å²) in [7, 11) is 0. The summed E-state index contributed by atoms with van der Waals surface area (Å²) in [4.78, 5) is 22.1. The van der Waals surface area contributed by atoms with Gasteiger partial charge in [-0.25, -0.2) is 4.98 Å². The molecule has 5 nitrogen and oxygen atoms in total. The number of para-hydroxylation sites is 1. The van der Waals surface area contributed by atoms with Gasteiger partial charge in [0.1, 0.15) is 5.69 Å². The molecule has 114 valence electrons. The molecule has 2 aromatic rings. The molecule has 0 radical (unpaired) electrons. The van der Waals surface area contributed by atoms with Crippen LogP contribution < -0.4 is 5.32 Å². The number of carbonyl (C=O) groups excluding carboxylic acids is 1. The minimum absolute atomic E-state index is 0.0516. The summed E-state index contributed by atoms with van der Waals surface area (Å²) in [5, 5.41) is 4.17. The molecule has 1 aromatic carbocycles. The number of amides is 1. The topological polar surface area (TPSA) is 58.1 Å². The van der Waals surface area contributed by atoms with Gasteiger partial charge in [0, 0.05) is 31.5 Å². The van der Waals surface area contributed by atoms with Crippen LogP contribution in [0.2, 0.25) is 5.02 Å². The highest BCUT2D eigenvalue weighted by atomic mass is 35.5. The van der Waals surface area contributed by atoms with Crippen LogP contribution in [0.25, 0.3) is 0 Å². The van der Waals surface area contributed by atoms with E-state index in [2.05, 4.69) is 15.3 Å². The Morgan fingerprint density at radius 1 is 1.23 bits per heavy atom. The summed E-state index contributed by atoms with van der Waals surface area (Å²) < 4.78 is 0. The SMILES string of the molecule is O=C(c1cnccn1)N1CCC(Nc2ccccc2Cl)CC1. The van der Waals surface area contributed by atoms with E-state index in [1.807, 2.05) is 29.2 Å². The number of hydrogen-bond donors (Lipinski definition) is 1. The normalized spacial score (nSPS) is 15.6. The lowest BCUT2D eigenvalue weighted by atomic mass is 10.0. The Labute approximate surface area is 134 Å². The van der Waals surface area contributed by atoms with Crippen LogP contribution >= 0.6 is 11.6 Å². The number of likely N-dealkylation sites (tertiary alicyclic amines) is 1. The fourth-order valence-corrected chi connectivity index (χ4v) is 2.79. The second-order valence-electron chi connectivity index (χ2n) is 5.28. The summed E-state index contributed by atoms with van der Waals surface area (Å²) in [5.41, 5.74) is 1.35. The molecule has 1 aliphatic rings. The van der Waals surface area contributed by atoms with E-state index in [1.54, 1.807) is 12.4 Å². The molecule has 6 heteroatoms. The summed E-state index contributed by atoms with van der Waals surface area (Å²) >= 11 is 6.16. The number of piperidine rings is 1. The molecule has 1 saturated heterocycles. The van der Waals surface area contributed by atoms with Crippen molar-refractivity contribution < 1.29 is 4.79 Å². The van der Waals surface area contributed by atoms with Crippen LogP contribution in [-0.2, 0) is 0 Å². The molecule has 0 saturated carbocycles. The molecule has 0 spiro atoms. The Hall–Kier alpha value is -2.14. The second-order valence-corrected chi connectivity index (χ2v) is 5.69. The van der Waals surface area contributed by atoms with E-state index < -0.39 is 0 Å². The van der Waals surface area contributed by atoms with Crippen molar-refractivity contribution >= 4 is 23.2 Å². The molecule has 22 heavy (non-hydrogen) atoms. The number of carbonyl (C=O) groups is 1. The van der Waals surface area contributed by atoms with Gasteiger partial charge < -0.3 is 10.2 Å². The van der Waals surface area contributed by atoms with E-state index in [-0.39, 0.29) is 5.91 Å². The first-order chi connectivity index (χ1) is 10.7. The van der Waals surface area contributed by atoms with E-state index in [4.69, 9.17) is 11.6 Å². The molecule has 3 rings (SSSR count). The zero-order valence-corrected chi connectivity index (χ0v) is 12.8. The number of rotatable bonds is 3. The molecule has 0 bridgehead atoms. The van der Waals surface area contributed by atoms with Crippen LogP contribution in [0.1, 0.15) is 23.3 Å². The third kappa shape index (κ3) is 3.36. The minimum Gasteiger partial charge on any atom is -0.381 e. The maximum Gasteiger partial charge on any atom is 0.274 e. The van der Waals surface area contributed by atoms with Crippen molar-refractivity contribution in [1.82, 2.24) is 14.9 Å². The maximum absolute atomic E-state index is 12.3. The summed E-state index contributed by atoms with van der Waals surface area (Å²) in [5.74, 6) is -0.0516. The summed E-state index contributed by atoms with van der Waals surface area (Å²) in [6.45, 7) is 1.41. The number of benzene rings is 1. The average Bonchev–Trinajstić information content (AvgIpc) is 2.58. The molecule has 1 aliphatic heterocycles. The third-order valence-corrected chi connectivity index (χ3v) is 4.13. The van der Waals surface area contributed by atoms with Gasteiger partial charge in [-0.15, -0.1) is 0 Å². The smallest absolute Gasteiger partial charge is 0.274 e. The van der Waals surface area contributed by atoms with E-state index in [0.717, 1.165) is 23.6 Å². The Balaban J connectivity index is 1.57. The largest absolute Gasteiger partial charge is 0.381 e.